The van der Waals surface area contributed by atoms with Crippen molar-refractivity contribution in [3.05, 3.63) is 71.8 Å². The van der Waals surface area contributed by atoms with Crippen LogP contribution in [0.25, 0.3) is 32.3 Å². The summed E-state index contributed by atoms with van der Waals surface area (Å²) in [6.45, 7) is 1.20. The van der Waals surface area contributed by atoms with E-state index in [1.807, 2.05) is 0 Å². The number of hydrogen-bond acceptors (Lipinski definition) is 2. The average Bonchev–Trinajstić information content (AvgIpc) is 2.64. The molecule has 0 atom stereocenters. The maximum atomic E-state index is 5.56. The maximum Gasteiger partial charge on any atom is 0.0725 e. The second-order valence-electron chi connectivity index (χ2n) is 6.08. The molecule has 0 radical (unpaired) electrons. The van der Waals surface area contributed by atoms with E-state index in [0.717, 1.165) is 0 Å². The van der Waals surface area contributed by atoms with Gasteiger partial charge in [0.05, 0.1) is 13.2 Å². The number of hydrogen-bond donors (Lipinski definition) is 0. The van der Waals surface area contributed by atoms with Crippen LogP contribution < -0.4 is 0 Å². The summed E-state index contributed by atoms with van der Waals surface area (Å²) in [5.74, 6) is 0. The molecule has 4 aromatic carbocycles. The highest BCUT2D eigenvalue weighted by Crippen LogP contribution is 2.37. The van der Waals surface area contributed by atoms with Crippen molar-refractivity contribution in [3.8, 4) is 0 Å². The predicted octanol–water partition coefficient (Wildman–Crippen LogP) is 5.44. The fourth-order valence-corrected chi connectivity index (χ4v) is 3.73. The van der Waals surface area contributed by atoms with E-state index in [4.69, 9.17) is 9.47 Å². The molecule has 0 fully saturated rings. The topological polar surface area (TPSA) is 18.5 Å². The van der Waals surface area contributed by atoms with Gasteiger partial charge in [0.15, 0.2) is 0 Å². The first-order valence-electron chi connectivity index (χ1n) is 8.17. The van der Waals surface area contributed by atoms with Gasteiger partial charge in [0.25, 0.3) is 0 Å². The van der Waals surface area contributed by atoms with Gasteiger partial charge in [0, 0.05) is 14.2 Å². The molecule has 0 aromatic heterocycles. The Bertz CT molecular complexity index is 1030. The van der Waals surface area contributed by atoms with Gasteiger partial charge in [-0.15, -0.1) is 0 Å². The van der Waals surface area contributed by atoms with E-state index in [-0.39, 0.29) is 0 Å². The van der Waals surface area contributed by atoms with Crippen LogP contribution in [-0.4, -0.2) is 14.2 Å². The molecule has 120 valence electrons. The molecule has 0 saturated heterocycles. The Labute approximate surface area is 141 Å². The molecule has 2 nitrogen and oxygen atoms in total. The van der Waals surface area contributed by atoms with Crippen molar-refractivity contribution in [1.82, 2.24) is 0 Å². The highest BCUT2D eigenvalue weighted by molar-refractivity contribution is 6.16. The minimum absolute atomic E-state index is 0.596. The molecule has 0 aliphatic heterocycles. The SMILES string of the molecule is COCc1c2ccccc2c(COC)c2c1ccc1ccccc12. The molecule has 0 aliphatic carbocycles. The van der Waals surface area contributed by atoms with Gasteiger partial charge in [0.2, 0.25) is 0 Å². The normalized spacial score (nSPS) is 11.6. The largest absolute Gasteiger partial charge is 0.380 e. The van der Waals surface area contributed by atoms with Gasteiger partial charge in [-0.2, -0.15) is 0 Å². The van der Waals surface area contributed by atoms with Crippen molar-refractivity contribution in [3.63, 3.8) is 0 Å². The molecule has 0 amide bonds. The molecule has 0 saturated carbocycles. The second-order valence-corrected chi connectivity index (χ2v) is 6.08. The summed E-state index contributed by atoms with van der Waals surface area (Å²) in [4.78, 5) is 0. The first-order chi connectivity index (χ1) is 11.8. The summed E-state index contributed by atoms with van der Waals surface area (Å²) < 4.78 is 11.1. The van der Waals surface area contributed by atoms with Gasteiger partial charge >= 0.3 is 0 Å². The van der Waals surface area contributed by atoms with Gasteiger partial charge < -0.3 is 9.47 Å². The Kier molecular flexibility index (Phi) is 3.93. The lowest BCUT2D eigenvalue weighted by atomic mass is 9.89. The zero-order valence-corrected chi connectivity index (χ0v) is 14.0. The lowest BCUT2D eigenvalue weighted by molar-refractivity contribution is 0.185. The van der Waals surface area contributed by atoms with Crippen molar-refractivity contribution in [2.45, 2.75) is 13.2 Å². The van der Waals surface area contributed by atoms with E-state index in [0.29, 0.717) is 13.2 Å². The number of methoxy groups -OCH3 is 2. The Balaban J connectivity index is 2.28. The van der Waals surface area contributed by atoms with E-state index in [1.165, 1.54) is 43.4 Å². The molecule has 0 unspecified atom stereocenters. The summed E-state index contributed by atoms with van der Waals surface area (Å²) in [5, 5.41) is 7.54. The second kappa shape index (κ2) is 6.23. The lowest BCUT2D eigenvalue weighted by Crippen LogP contribution is -1.99. The molecule has 2 heteroatoms. The van der Waals surface area contributed by atoms with Gasteiger partial charge in [-0.05, 0) is 43.4 Å². The number of ether oxygens (including phenoxy) is 2. The van der Waals surface area contributed by atoms with Crippen molar-refractivity contribution < 1.29 is 9.47 Å². The highest BCUT2D eigenvalue weighted by Gasteiger charge is 2.15. The average molecular weight is 316 g/mol. The van der Waals surface area contributed by atoms with E-state index in [9.17, 15) is 0 Å². The quantitative estimate of drug-likeness (QED) is 0.369. The van der Waals surface area contributed by atoms with Crippen LogP contribution in [0.15, 0.2) is 60.7 Å². The monoisotopic (exact) mass is 316 g/mol. The van der Waals surface area contributed by atoms with Crippen molar-refractivity contribution in [2.75, 3.05) is 14.2 Å². The summed E-state index contributed by atoms with van der Waals surface area (Å²) in [7, 11) is 3.51. The van der Waals surface area contributed by atoms with Crippen LogP contribution in [0.1, 0.15) is 11.1 Å². The minimum Gasteiger partial charge on any atom is -0.380 e. The number of fused-ring (bicyclic) bond motifs is 4. The van der Waals surface area contributed by atoms with Gasteiger partial charge in [-0.3, -0.25) is 0 Å². The van der Waals surface area contributed by atoms with Crippen LogP contribution in [0.4, 0.5) is 0 Å². The van der Waals surface area contributed by atoms with Crippen LogP contribution in [0.2, 0.25) is 0 Å². The smallest absolute Gasteiger partial charge is 0.0725 e. The van der Waals surface area contributed by atoms with Crippen molar-refractivity contribution in [2.24, 2.45) is 0 Å². The molecule has 0 bridgehead atoms. The number of benzene rings is 4. The Hall–Kier alpha value is -2.42. The molecule has 4 aromatic rings. The summed E-state index contributed by atoms with van der Waals surface area (Å²) in [5.41, 5.74) is 2.49. The first-order valence-corrected chi connectivity index (χ1v) is 8.17. The van der Waals surface area contributed by atoms with Crippen molar-refractivity contribution >= 4 is 32.3 Å². The van der Waals surface area contributed by atoms with Crippen LogP contribution >= 0.6 is 0 Å². The first kappa shape index (κ1) is 15.1. The Morgan fingerprint density at radius 2 is 1.17 bits per heavy atom. The van der Waals surface area contributed by atoms with Crippen LogP contribution in [0, 0.1) is 0 Å². The van der Waals surface area contributed by atoms with Gasteiger partial charge in [-0.1, -0.05) is 60.7 Å². The third kappa shape index (κ3) is 2.27. The van der Waals surface area contributed by atoms with Gasteiger partial charge in [-0.25, -0.2) is 0 Å². The summed E-state index contributed by atoms with van der Waals surface area (Å²) >= 11 is 0. The fraction of sp³-hybridized carbons (Fsp3) is 0.182. The maximum absolute atomic E-state index is 5.56. The number of rotatable bonds is 4. The summed E-state index contributed by atoms with van der Waals surface area (Å²) in [6, 6.07) is 21.5. The molecule has 0 spiro atoms. The van der Waals surface area contributed by atoms with Crippen LogP contribution in [0.5, 0.6) is 0 Å². The molecular formula is C22H20O2. The molecule has 0 aliphatic rings. The minimum atomic E-state index is 0.596. The van der Waals surface area contributed by atoms with E-state index >= 15 is 0 Å². The van der Waals surface area contributed by atoms with E-state index in [1.54, 1.807) is 14.2 Å². The molecule has 4 rings (SSSR count). The highest BCUT2D eigenvalue weighted by atomic mass is 16.5. The van der Waals surface area contributed by atoms with Crippen molar-refractivity contribution in [1.29, 1.82) is 0 Å². The van der Waals surface area contributed by atoms with E-state index in [2.05, 4.69) is 60.7 Å². The predicted molar refractivity (Wildman–Crippen MR) is 100 cm³/mol. The summed E-state index contributed by atoms with van der Waals surface area (Å²) in [6.07, 6.45) is 0. The van der Waals surface area contributed by atoms with Crippen LogP contribution in [-0.2, 0) is 22.7 Å². The zero-order valence-electron chi connectivity index (χ0n) is 14.0. The Morgan fingerprint density at radius 1 is 0.583 bits per heavy atom. The lowest BCUT2D eigenvalue weighted by Gasteiger charge is -2.18. The fourth-order valence-electron chi connectivity index (χ4n) is 3.73. The Morgan fingerprint density at radius 3 is 1.88 bits per heavy atom. The molecule has 24 heavy (non-hydrogen) atoms. The zero-order chi connectivity index (χ0) is 16.5. The molecular weight excluding hydrogens is 296 g/mol. The third-order valence-electron chi connectivity index (χ3n) is 4.71. The van der Waals surface area contributed by atoms with Crippen LogP contribution in [0.3, 0.4) is 0 Å². The van der Waals surface area contributed by atoms with Gasteiger partial charge in [0.1, 0.15) is 0 Å². The third-order valence-corrected chi connectivity index (χ3v) is 4.71. The standard InChI is InChI=1S/C22H20O2/c1-23-13-20-17-9-5-6-10-18(17)21(14-24-2)22-16-8-4-3-7-15(16)11-12-19(20)22/h3-12H,13-14H2,1-2H3. The molecule has 0 N–H and O–H groups in total. The molecule has 0 heterocycles. The van der Waals surface area contributed by atoms with E-state index < -0.39 is 0 Å².